The summed E-state index contributed by atoms with van der Waals surface area (Å²) in [5.41, 5.74) is 5.43. The molecule has 0 spiro atoms. The van der Waals surface area contributed by atoms with Crippen LogP contribution in [0.1, 0.15) is 20.8 Å². The number of carbonyl (C=O) groups excluding carboxylic acids is 2. The van der Waals surface area contributed by atoms with E-state index in [0.29, 0.717) is 15.9 Å². The number of nitrogens with one attached hydrogen (secondary N) is 2. The van der Waals surface area contributed by atoms with Crippen LogP contribution in [0.2, 0.25) is 0 Å². The smallest absolute Gasteiger partial charge is 0.407 e. The monoisotopic (exact) mass is 480 g/mol. The Hall–Kier alpha value is -1.27. The van der Waals surface area contributed by atoms with Gasteiger partial charge in [0.25, 0.3) is 5.91 Å². The number of hydrogen-bond acceptors (Lipinski definition) is 7. The highest BCUT2D eigenvalue weighted by Crippen LogP contribution is 2.20. The number of nitrogens with zero attached hydrogens (tertiary/aromatic N) is 3. The number of rotatable bonds is 4. The van der Waals surface area contributed by atoms with E-state index in [0.717, 1.165) is 32.7 Å². The van der Waals surface area contributed by atoms with Crippen molar-refractivity contribution in [3.63, 3.8) is 0 Å². The van der Waals surface area contributed by atoms with Crippen molar-refractivity contribution in [2.24, 2.45) is 5.73 Å². The van der Waals surface area contributed by atoms with Crippen molar-refractivity contribution in [2.75, 3.05) is 46.3 Å². The average molecular weight is 480 g/mol. The van der Waals surface area contributed by atoms with Gasteiger partial charge in [-0.1, -0.05) is 0 Å². The van der Waals surface area contributed by atoms with Crippen molar-refractivity contribution in [3.8, 4) is 0 Å². The highest BCUT2D eigenvalue weighted by Gasteiger charge is 2.34. The van der Waals surface area contributed by atoms with Crippen LogP contribution in [0.3, 0.4) is 0 Å². The van der Waals surface area contributed by atoms with Gasteiger partial charge in [0, 0.05) is 46.3 Å². The number of carbonyl (C=O) groups is 2. The summed E-state index contributed by atoms with van der Waals surface area (Å²) >= 11 is 1.97. The number of likely N-dealkylation sites (N-methyl/N-ethyl adjacent to an activating group) is 1. The predicted molar refractivity (Wildman–Crippen MR) is 107 cm³/mol. The molecule has 0 aromatic heterocycles. The zero-order valence-electron chi connectivity index (χ0n) is 15.8. The molecule has 148 valence electrons. The molecule has 0 saturated carbocycles. The minimum absolute atomic E-state index is 0.0594. The Morgan fingerprint density at radius 2 is 1.96 bits per heavy atom. The Morgan fingerprint density at radius 3 is 2.54 bits per heavy atom. The molecule has 2 aliphatic rings. The molecule has 10 heteroatoms. The standard InChI is InChI=1S/C16H29IN6O3/c1-16(2,3)26-15(25)19-5-6-22-7-9-23(10-8-22)14-20-12(18)11(17)13(24)21(14)4/h14,20H,5-10,18H2,1-4H3,(H,19,25). The number of alkyl carbamates (subject to hydrolysis) is 1. The zero-order chi connectivity index (χ0) is 19.5. The van der Waals surface area contributed by atoms with E-state index in [1.165, 1.54) is 0 Å². The normalized spacial score (nSPS) is 23.0. The summed E-state index contributed by atoms with van der Waals surface area (Å²) < 4.78 is 5.75. The third kappa shape index (κ3) is 5.61. The molecule has 4 N–H and O–H groups in total. The van der Waals surface area contributed by atoms with Crippen molar-refractivity contribution in [1.82, 2.24) is 25.3 Å². The average Bonchev–Trinajstić information content (AvgIpc) is 2.55. The number of piperazine rings is 1. The maximum atomic E-state index is 12.2. The fraction of sp³-hybridized carbons (Fsp3) is 0.750. The van der Waals surface area contributed by atoms with Gasteiger partial charge in [-0.25, -0.2) is 4.79 Å². The molecule has 2 rings (SSSR count). The Morgan fingerprint density at radius 1 is 1.35 bits per heavy atom. The topological polar surface area (TPSA) is 103 Å². The van der Waals surface area contributed by atoms with Crippen molar-refractivity contribution in [1.29, 1.82) is 0 Å². The molecule has 2 aliphatic heterocycles. The summed E-state index contributed by atoms with van der Waals surface area (Å²) in [6.07, 6.45) is -0.609. The molecule has 1 saturated heterocycles. The second kappa shape index (κ2) is 8.61. The van der Waals surface area contributed by atoms with Crippen molar-refractivity contribution in [2.45, 2.75) is 32.7 Å². The predicted octanol–water partition coefficient (Wildman–Crippen LogP) is 0.0367. The zero-order valence-corrected chi connectivity index (χ0v) is 18.0. The minimum atomic E-state index is -0.486. The second-order valence-corrected chi connectivity index (χ2v) is 8.55. The molecule has 1 atom stereocenters. The van der Waals surface area contributed by atoms with E-state index < -0.39 is 5.60 Å². The van der Waals surface area contributed by atoms with Crippen LogP contribution in [0.15, 0.2) is 9.40 Å². The number of nitrogens with two attached hydrogens (primary N) is 1. The van der Waals surface area contributed by atoms with E-state index in [2.05, 4.69) is 20.4 Å². The largest absolute Gasteiger partial charge is 0.444 e. The fourth-order valence-electron chi connectivity index (χ4n) is 2.88. The summed E-state index contributed by atoms with van der Waals surface area (Å²) in [4.78, 5) is 30.0. The van der Waals surface area contributed by atoms with E-state index >= 15 is 0 Å². The highest BCUT2D eigenvalue weighted by atomic mass is 127. The summed E-state index contributed by atoms with van der Waals surface area (Å²) in [7, 11) is 1.78. The van der Waals surface area contributed by atoms with Crippen LogP contribution in [0.25, 0.3) is 0 Å². The van der Waals surface area contributed by atoms with Gasteiger partial charge in [-0.15, -0.1) is 0 Å². The Kier molecular flexibility index (Phi) is 6.97. The van der Waals surface area contributed by atoms with Crippen LogP contribution in [0, 0.1) is 0 Å². The van der Waals surface area contributed by atoms with Crippen molar-refractivity contribution < 1.29 is 14.3 Å². The highest BCUT2D eigenvalue weighted by molar-refractivity contribution is 14.1. The first kappa shape index (κ1) is 21.0. The summed E-state index contributed by atoms with van der Waals surface area (Å²) in [6.45, 7) is 10.2. The van der Waals surface area contributed by atoms with Crippen LogP contribution in [0.4, 0.5) is 4.79 Å². The maximum absolute atomic E-state index is 12.2. The Bertz CT molecular complexity index is 569. The summed E-state index contributed by atoms with van der Waals surface area (Å²) in [5.74, 6) is 0.374. The lowest BCUT2D eigenvalue weighted by atomic mass is 10.2. The lowest BCUT2D eigenvalue weighted by Crippen LogP contribution is -2.64. The first-order valence-electron chi connectivity index (χ1n) is 8.70. The molecule has 26 heavy (non-hydrogen) atoms. The number of halogens is 1. The van der Waals surface area contributed by atoms with Crippen LogP contribution in [0.5, 0.6) is 0 Å². The number of hydrogen-bond donors (Lipinski definition) is 3. The van der Waals surface area contributed by atoms with Gasteiger partial charge >= 0.3 is 6.09 Å². The molecule has 2 amide bonds. The molecule has 2 heterocycles. The van der Waals surface area contributed by atoms with Crippen molar-refractivity contribution >= 4 is 34.6 Å². The molecular formula is C16H29IN6O3. The van der Waals surface area contributed by atoms with Gasteiger partial charge in [0.15, 0.2) is 6.29 Å². The number of ether oxygens (including phenoxy) is 1. The number of amides is 2. The molecule has 1 fully saturated rings. The molecular weight excluding hydrogens is 451 g/mol. The molecule has 0 aliphatic carbocycles. The van der Waals surface area contributed by atoms with Gasteiger partial charge in [-0.3, -0.25) is 14.6 Å². The molecule has 0 aromatic carbocycles. The first-order valence-corrected chi connectivity index (χ1v) is 9.78. The van der Waals surface area contributed by atoms with Crippen molar-refractivity contribution in [3.05, 3.63) is 9.40 Å². The van der Waals surface area contributed by atoms with Gasteiger partial charge in [-0.2, -0.15) is 0 Å². The van der Waals surface area contributed by atoms with Gasteiger partial charge in [0.1, 0.15) is 15.0 Å². The lowest BCUT2D eigenvalue weighted by Gasteiger charge is -2.44. The minimum Gasteiger partial charge on any atom is -0.444 e. The molecule has 0 bridgehead atoms. The van der Waals surface area contributed by atoms with Gasteiger partial charge < -0.3 is 26.0 Å². The molecule has 1 unspecified atom stereocenters. The van der Waals surface area contributed by atoms with Crippen LogP contribution in [-0.2, 0) is 9.53 Å². The van der Waals surface area contributed by atoms with E-state index in [4.69, 9.17) is 10.5 Å². The second-order valence-electron chi connectivity index (χ2n) is 7.47. The van der Waals surface area contributed by atoms with E-state index in [1.807, 2.05) is 43.4 Å². The Labute approximate surface area is 168 Å². The van der Waals surface area contributed by atoms with E-state index in [1.54, 1.807) is 11.9 Å². The summed E-state index contributed by atoms with van der Waals surface area (Å²) in [5, 5.41) is 5.98. The fourth-order valence-corrected chi connectivity index (χ4v) is 3.41. The molecule has 0 radical (unpaired) electrons. The molecule has 0 aromatic rings. The maximum Gasteiger partial charge on any atom is 0.407 e. The first-order chi connectivity index (χ1) is 12.1. The SMILES string of the molecule is CN1C(=O)C(I)=C(N)NC1N1CCN(CCNC(=O)OC(C)(C)C)CC1. The third-order valence-corrected chi connectivity index (χ3v) is 5.29. The van der Waals surface area contributed by atoms with Crippen LogP contribution < -0.4 is 16.4 Å². The quantitative estimate of drug-likeness (QED) is 0.489. The van der Waals surface area contributed by atoms with Crippen LogP contribution >= 0.6 is 22.6 Å². The molecule has 9 nitrogen and oxygen atoms in total. The van der Waals surface area contributed by atoms with E-state index in [-0.39, 0.29) is 18.3 Å². The van der Waals surface area contributed by atoms with Crippen LogP contribution in [-0.4, -0.2) is 84.9 Å². The Balaban J connectivity index is 1.74. The third-order valence-electron chi connectivity index (χ3n) is 4.25. The van der Waals surface area contributed by atoms with Gasteiger partial charge in [0.2, 0.25) is 0 Å². The lowest BCUT2D eigenvalue weighted by molar-refractivity contribution is -0.134. The van der Waals surface area contributed by atoms with Gasteiger partial charge in [0.05, 0.1) is 0 Å². The van der Waals surface area contributed by atoms with E-state index in [9.17, 15) is 9.59 Å². The van der Waals surface area contributed by atoms with Gasteiger partial charge in [-0.05, 0) is 43.4 Å². The summed E-state index contributed by atoms with van der Waals surface area (Å²) in [6, 6.07) is 0.